The number of rotatable bonds is 8. The average Bonchev–Trinajstić information content (AvgIpc) is 2.51. The van der Waals surface area contributed by atoms with Gasteiger partial charge in [-0.3, -0.25) is 4.79 Å². The van der Waals surface area contributed by atoms with Crippen LogP contribution in [0.15, 0.2) is 36.4 Å². The Labute approximate surface area is 131 Å². The number of methoxy groups -OCH3 is 1. The number of benzene rings is 1. The Hall–Kier alpha value is -2.30. The Kier molecular flexibility index (Phi) is 7.16. The summed E-state index contributed by atoms with van der Waals surface area (Å²) < 4.78 is 5.10. The van der Waals surface area contributed by atoms with Crippen molar-refractivity contribution >= 4 is 11.9 Å². The number of nitrogens with one attached hydrogen (secondary N) is 1. The molecule has 0 aromatic heterocycles. The van der Waals surface area contributed by atoms with Crippen LogP contribution in [0.25, 0.3) is 0 Å². The fourth-order valence-corrected chi connectivity index (χ4v) is 2.08. The molecule has 0 aliphatic carbocycles. The molecule has 0 bridgehead atoms. The molecule has 1 aromatic carbocycles. The number of hydrogen-bond donors (Lipinski definition) is 2. The van der Waals surface area contributed by atoms with Gasteiger partial charge >= 0.3 is 5.97 Å². The molecule has 0 aliphatic heterocycles. The van der Waals surface area contributed by atoms with E-state index in [9.17, 15) is 9.59 Å². The molecule has 0 radical (unpaired) electrons. The molecule has 1 rings (SSSR count). The van der Waals surface area contributed by atoms with Crippen LogP contribution in [0.5, 0.6) is 5.75 Å². The predicted octanol–water partition coefficient (Wildman–Crippen LogP) is 2.72. The monoisotopic (exact) mass is 305 g/mol. The Balaban J connectivity index is 2.59. The topological polar surface area (TPSA) is 75.6 Å². The molecule has 0 saturated heterocycles. The van der Waals surface area contributed by atoms with Crippen molar-refractivity contribution in [2.24, 2.45) is 0 Å². The van der Waals surface area contributed by atoms with Crippen molar-refractivity contribution < 1.29 is 19.4 Å². The van der Waals surface area contributed by atoms with Gasteiger partial charge in [-0.25, -0.2) is 4.79 Å². The van der Waals surface area contributed by atoms with Gasteiger partial charge in [-0.1, -0.05) is 31.2 Å². The van der Waals surface area contributed by atoms with Crippen molar-refractivity contribution in [2.45, 2.75) is 38.6 Å². The van der Waals surface area contributed by atoms with Gasteiger partial charge in [0.2, 0.25) is 5.91 Å². The normalized spacial score (nSPS) is 13.6. The van der Waals surface area contributed by atoms with E-state index < -0.39 is 12.0 Å². The van der Waals surface area contributed by atoms with Gasteiger partial charge in [0.1, 0.15) is 11.8 Å². The van der Waals surface area contributed by atoms with E-state index in [0.717, 1.165) is 11.3 Å². The summed E-state index contributed by atoms with van der Waals surface area (Å²) in [5, 5.41) is 11.7. The molecule has 2 atom stereocenters. The van der Waals surface area contributed by atoms with Gasteiger partial charge in [-0.15, -0.1) is 0 Å². The van der Waals surface area contributed by atoms with Crippen LogP contribution in [0.1, 0.15) is 38.2 Å². The van der Waals surface area contributed by atoms with E-state index in [2.05, 4.69) is 5.32 Å². The molecule has 2 unspecified atom stereocenters. The molecule has 0 heterocycles. The molecule has 2 N–H and O–H groups in total. The third-order valence-electron chi connectivity index (χ3n) is 3.42. The van der Waals surface area contributed by atoms with Crippen molar-refractivity contribution in [1.29, 1.82) is 0 Å². The second kappa shape index (κ2) is 8.87. The number of carboxylic acid groups (broad SMARTS) is 1. The van der Waals surface area contributed by atoms with Gasteiger partial charge in [-0.2, -0.15) is 0 Å². The van der Waals surface area contributed by atoms with Crippen molar-refractivity contribution in [1.82, 2.24) is 5.32 Å². The van der Waals surface area contributed by atoms with Crippen LogP contribution in [0.3, 0.4) is 0 Å². The molecule has 120 valence electrons. The largest absolute Gasteiger partial charge is 0.497 e. The zero-order chi connectivity index (χ0) is 16.5. The first kappa shape index (κ1) is 17.8. The zero-order valence-corrected chi connectivity index (χ0v) is 13.2. The quantitative estimate of drug-likeness (QED) is 0.724. The minimum atomic E-state index is -1.02. The van der Waals surface area contributed by atoms with E-state index in [4.69, 9.17) is 9.84 Å². The summed E-state index contributed by atoms with van der Waals surface area (Å²) in [5.74, 6) is -0.525. The Morgan fingerprint density at radius 1 is 1.32 bits per heavy atom. The lowest BCUT2D eigenvalue weighted by molar-refractivity contribution is -0.141. The highest BCUT2D eigenvalue weighted by atomic mass is 16.5. The highest BCUT2D eigenvalue weighted by Gasteiger charge is 2.20. The highest BCUT2D eigenvalue weighted by molar-refractivity contribution is 5.84. The molecule has 0 aliphatic rings. The zero-order valence-electron chi connectivity index (χ0n) is 13.2. The van der Waals surface area contributed by atoms with E-state index in [0.29, 0.717) is 0 Å². The minimum Gasteiger partial charge on any atom is -0.497 e. The molecule has 1 amide bonds. The summed E-state index contributed by atoms with van der Waals surface area (Å²) in [7, 11) is 1.60. The first-order chi connectivity index (χ1) is 10.5. The fraction of sp³-hybridized carbons (Fsp3) is 0.412. The molecule has 1 aromatic rings. The van der Waals surface area contributed by atoms with Gasteiger partial charge in [0.25, 0.3) is 0 Å². The fourth-order valence-electron chi connectivity index (χ4n) is 2.08. The summed E-state index contributed by atoms with van der Waals surface area (Å²) in [6.45, 7) is 3.75. The van der Waals surface area contributed by atoms with E-state index in [1.165, 1.54) is 0 Å². The number of hydrogen-bond acceptors (Lipinski definition) is 3. The van der Waals surface area contributed by atoms with Gasteiger partial charge < -0.3 is 15.2 Å². The molecule has 0 fully saturated rings. The van der Waals surface area contributed by atoms with Gasteiger partial charge in [0.15, 0.2) is 0 Å². The predicted molar refractivity (Wildman–Crippen MR) is 85.0 cm³/mol. The lowest BCUT2D eigenvalue weighted by Gasteiger charge is -2.16. The van der Waals surface area contributed by atoms with E-state index in [1.54, 1.807) is 19.3 Å². The third kappa shape index (κ3) is 5.60. The highest BCUT2D eigenvalue weighted by Crippen LogP contribution is 2.21. The second-order valence-corrected chi connectivity index (χ2v) is 5.14. The van der Waals surface area contributed by atoms with Gasteiger partial charge in [0.05, 0.1) is 7.11 Å². The molecule has 22 heavy (non-hydrogen) atoms. The van der Waals surface area contributed by atoms with E-state index in [1.807, 2.05) is 38.1 Å². The first-order valence-electron chi connectivity index (χ1n) is 7.25. The maximum atomic E-state index is 12.0. The second-order valence-electron chi connectivity index (χ2n) is 5.14. The molecule has 0 saturated carbocycles. The lowest BCUT2D eigenvalue weighted by Crippen LogP contribution is -2.40. The first-order valence-corrected chi connectivity index (χ1v) is 7.25. The van der Waals surface area contributed by atoms with Crippen LogP contribution in [0.2, 0.25) is 0 Å². The van der Waals surface area contributed by atoms with Crippen LogP contribution in [-0.2, 0) is 9.59 Å². The van der Waals surface area contributed by atoms with Crippen LogP contribution in [0.4, 0.5) is 0 Å². The standard InChI is InChI=1S/C17H23NO4/c1-4-5-6-15(17(20)21)18-16(19)11-12(2)13-7-9-14(22-3)10-8-13/h4-5,7-10,12,15H,6,11H2,1-3H3,(H,18,19)(H,20,21)/b5-4+. The van der Waals surface area contributed by atoms with E-state index in [-0.39, 0.29) is 24.7 Å². The Morgan fingerprint density at radius 2 is 1.95 bits per heavy atom. The number of carboxylic acids is 1. The summed E-state index contributed by atoms with van der Waals surface area (Å²) >= 11 is 0. The minimum absolute atomic E-state index is 0.00192. The average molecular weight is 305 g/mol. The van der Waals surface area contributed by atoms with Crippen molar-refractivity contribution in [3.8, 4) is 5.75 Å². The molecule has 0 spiro atoms. The maximum Gasteiger partial charge on any atom is 0.326 e. The van der Waals surface area contributed by atoms with Crippen LogP contribution in [-0.4, -0.2) is 30.1 Å². The molecular weight excluding hydrogens is 282 g/mol. The number of aliphatic carboxylic acids is 1. The van der Waals surface area contributed by atoms with Crippen molar-refractivity contribution in [3.63, 3.8) is 0 Å². The number of ether oxygens (including phenoxy) is 1. The summed E-state index contributed by atoms with van der Waals surface area (Å²) in [5.41, 5.74) is 1.01. The van der Waals surface area contributed by atoms with Gasteiger partial charge in [-0.05, 0) is 37.0 Å². The van der Waals surface area contributed by atoms with Crippen molar-refractivity contribution in [3.05, 3.63) is 42.0 Å². The number of allylic oxidation sites excluding steroid dienone is 1. The van der Waals surface area contributed by atoms with Crippen LogP contribution < -0.4 is 10.1 Å². The van der Waals surface area contributed by atoms with Crippen LogP contribution >= 0.6 is 0 Å². The molecule has 5 nitrogen and oxygen atoms in total. The van der Waals surface area contributed by atoms with E-state index >= 15 is 0 Å². The van der Waals surface area contributed by atoms with Gasteiger partial charge in [0, 0.05) is 6.42 Å². The number of carbonyl (C=O) groups is 2. The smallest absolute Gasteiger partial charge is 0.326 e. The van der Waals surface area contributed by atoms with Crippen LogP contribution in [0, 0.1) is 0 Å². The summed E-state index contributed by atoms with van der Waals surface area (Å²) in [4.78, 5) is 23.1. The number of amides is 1. The third-order valence-corrected chi connectivity index (χ3v) is 3.42. The maximum absolute atomic E-state index is 12.0. The molecular formula is C17H23NO4. The molecule has 5 heteroatoms. The Morgan fingerprint density at radius 3 is 2.45 bits per heavy atom. The SMILES string of the molecule is C/C=C/CC(NC(=O)CC(C)c1ccc(OC)cc1)C(=O)O. The lowest BCUT2D eigenvalue weighted by atomic mass is 9.97. The number of carbonyl (C=O) groups excluding carboxylic acids is 1. The summed E-state index contributed by atoms with van der Waals surface area (Å²) in [6, 6.07) is 6.62. The Bertz CT molecular complexity index is 522. The van der Waals surface area contributed by atoms with Crippen molar-refractivity contribution in [2.75, 3.05) is 7.11 Å². The summed E-state index contributed by atoms with van der Waals surface area (Å²) in [6.07, 6.45) is 4.02.